The maximum absolute atomic E-state index is 13.4. The summed E-state index contributed by atoms with van der Waals surface area (Å²) in [6.07, 6.45) is -1.23. The average Bonchev–Trinajstić information content (AvgIpc) is 3.42. The van der Waals surface area contributed by atoms with Gasteiger partial charge in [0.2, 0.25) is 0 Å². The van der Waals surface area contributed by atoms with E-state index in [1.165, 1.54) is 12.3 Å². The minimum atomic E-state index is -4.50. The summed E-state index contributed by atoms with van der Waals surface area (Å²) in [5.74, 6) is -0.448. The molecule has 0 aliphatic rings. The fourth-order valence-electron chi connectivity index (χ4n) is 4.03. The predicted molar refractivity (Wildman–Crippen MR) is 124 cm³/mol. The molecule has 0 saturated carbocycles. The first kappa shape index (κ1) is 21.7. The number of benzene rings is 2. The van der Waals surface area contributed by atoms with E-state index in [4.69, 9.17) is 5.73 Å². The number of hydrogen-bond donors (Lipinski definition) is 3. The molecule has 0 saturated heterocycles. The normalized spacial score (nSPS) is 11.9. The van der Waals surface area contributed by atoms with Crippen LogP contribution >= 0.6 is 0 Å². The molecule has 2 aromatic carbocycles. The number of fused-ring (bicyclic) bond motifs is 2. The van der Waals surface area contributed by atoms with Crippen LogP contribution < -0.4 is 11.1 Å². The molecule has 3 aromatic heterocycles. The molecule has 0 unspecified atom stereocenters. The van der Waals surface area contributed by atoms with E-state index in [0.29, 0.717) is 28.8 Å². The highest BCUT2D eigenvalue weighted by molar-refractivity contribution is 6.07. The van der Waals surface area contributed by atoms with Gasteiger partial charge >= 0.3 is 6.18 Å². The lowest BCUT2D eigenvalue weighted by Gasteiger charge is -2.13. The summed E-state index contributed by atoms with van der Waals surface area (Å²) in [7, 11) is 0. The highest BCUT2D eigenvalue weighted by atomic mass is 19.4. The number of nitrogens with two attached hydrogens (primary N) is 1. The van der Waals surface area contributed by atoms with Crippen LogP contribution in [0.2, 0.25) is 0 Å². The zero-order valence-electron chi connectivity index (χ0n) is 17.9. The standard InChI is InChI=1S/C25H20F3N5O/c26-25(27,28)19-5-4-17-10-22(24(34)32-20-9-18-6-7-30-23(18)31-13-20)33(21(17)11-19)14-16-3-1-2-15(8-16)12-29/h1-11,13H,12,14,29H2,(H,30,31)(H,32,34). The van der Waals surface area contributed by atoms with Crippen LogP contribution in [0.5, 0.6) is 0 Å². The van der Waals surface area contributed by atoms with Gasteiger partial charge in [-0.1, -0.05) is 30.3 Å². The summed E-state index contributed by atoms with van der Waals surface area (Å²) in [5.41, 5.74) is 8.40. The van der Waals surface area contributed by atoms with Crippen LogP contribution in [0.1, 0.15) is 27.2 Å². The first-order chi connectivity index (χ1) is 16.3. The number of nitrogens with one attached hydrogen (secondary N) is 2. The summed E-state index contributed by atoms with van der Waals surface area (Å²) in [5, 5.41) is 4.18. The van der Waals surface area contributed by atoms with Crippen LogP contribution in [0.15, 0.2) is 73.1 Å². The van der Waals surface area contributed by atoms with Gasteiger partial charge in [-0.2, -0.15) is 13.2 Å². The molecule has 5 rings (SSSR count). The van der Waals surface area contributed by atoms with Gasteiger partial charge in [-0.15, -0.1) is 0 Å². The first-order valence-electron chi connectivity index (χ1n) is 10.5. The second-order valence-corrected chi connectivity index (χ2v) is 8.00. The third-order valence-electron chi connectivity index (χ3n) is 5.69. The minimum Gasteiger partial charge on any atom is -0.346 e. The molecule has 0 spiro atoms. The van der Waals surface area contributed by atoms with Crippen molar-refractivity contribution in [2.24, 2.45) is 5.73 Å². The lowest BCUT2D eigenvalue weighted by atomic mass is 10.1. The number of halogens is 3. The Morgan fingerprint density at radius 1 is 1.03 bits per heavy atom. The minimum absolute atomic E-state index is 0.205. The molecule has 172 valence electrons. The van der Waals surface area contributed by atoms with Crippen molar-refractivity contribution >= 4 is 33.5 Å². The Bertz CT molecular complexity index is 1520. The Morgan fingerprint density at radius 2 is 1.85 bits per heavy atom. The van der Waals surface area contributed by atoms with Crippen LogP contribution in [0.25, 0.3) is 21.9 Å². The number of alkyl halides is 3. The van der Waals surface area contributed by atoms with E-state index in [2.05, 4.69) is 15.3 Å². The molecular weight excluding hydrogens is 443 g/mol. The molecule has 4 N–H and O–H groups in total. The number of nitrogens with zero attached hydrogens (tertiary/aromatic N) is 2. The highest BCUT2D eigenvalue weighted by Gasteiger charge is 2.31. The molecule has 0 fully saturated rings. The number of carbonyl (C=O) groups is 1. The molecule has 0 radical (unpaired) electrons. The van der Waals surface area contributed by atoms with Crippen LogP contribution in [-0.2, 0) is 19.3 Å². The molecular formula is C25H20F3N5O. The Kier molecular flexibility index (Phi) is 5.33. The molecule has 9 heteroatoms. The highest BCUT2D eigenvalue weighted by Crippen LogP contribution is 2.33. The van der Waals surface area contributed by atoms with Crippen molar-refractivity contribution < 1.29 is 18.0 Å². The van der Waals surface area contributed by atoms with Gasteiger partial charge in [0.1, 0.15) is 11.3 Å². The van der Waals surface area contributed by atoms with E-state index >= 15 is 0 Å². The largest absolute Gasteiger partial charge is 0.416 e. The summed E-state index contributed by atoms with van der Waals surface area (Å²) in [4.78, 5) is 20.5. The van der Waals surface area contributed by atoms with Crippen LogP contribution in [0.4, 0.5) is 18.9 Å². The second kappa shape index (κ2) is 8.35. The number of rotatable bonds is 5. The Hall–Kier alpha value is -4.11. The fourth-order valence-corrected chi connectivity index (χ4v) is 4.03. The molecule has 1 amide bonds. The van der Waals surface area contributed by atoms with Gasteiger partial charge in [0.25, 0.3) is 5.91 Å². The Morgan fingerprint density at radius 3 is 2.65 bits per heavy atom. The van der Waals surface area contributed by atoms with Crippen LogP contribution in [0, 0.1) is 0 Å². The SMILES string of the molecule is NCc1cccc(Cn2c(C(=O)Nc3cnc4[nH]ccc4c3)cc3ccc(C(F)(F)F)cc32)c1. The van der Waals surface area contributed by atoms with Gasteiger partial charge in [0.05, 0.1) is 17.4 Å². The lowest BCUT2D eigenvalue weighted by molar-refractivity contribution is -0.137. The monoisotopic (exact) mass is 463 g/mol. The smallest absolute Gasteiger partial charge is 0.346 e. The number of H-pyrrole nitrogens is 1. The van der Waals surface area contributed by atoms with Gasteiger partial charge in [0.15, 0.2) is 0 Å². The molecule has 0 aliphatic carbocycles. The molecule has 34 heavy (non-hydrogen) atoms. The van der Waals surface area contributed by atoms with Gasteiger partial charge in [-0.25, -0.2) is 4.98 Å². The predicted octanol–water partition coefficient (Wildman–Crippen LogP) is 5.30. The van der Waals surface area contributed by atoms with E-state index in [9.17, 15) is 18.0 Å². The maximum Gasteiger partial charge on any atom is 0.416 e. The Labute approximate surface area is 192 Å². The topological polar surface area (TPSA) is 88.7 Å². The van der Waals surface area contributed by atoms with Crippen molar-refractivity contribution in [3.63, 3.8) is 0 Å². The van der Waals surface area contributed by atoms with Crippen molar-refractivity contribution in [3.8, 4) is 0 Å². The van der Waals surface area contributed by atoms with E-state index in [1.54, 1.807) is 22.9 Å². The summed E-state index contributed by atoms with van der Waals surface area (Å²) in [6.45, 7) is 0.539. The van der Waals surface area contributed by atoms with Crippen molar-refractivity contribution in [3.05, 3.63) is 95.4 Å². The number of carbonyl (C=O) groups excluding carboxylic acids is 1. The zero-order chi connectivity index (χ0) is 23.9. The summed E-state index contributed by atoms with van der Waals surface area (Å²) < 4.78 is 41.8. The van der Waals surface area contributed by atoms with Gasteiger partial charge in [-0.3, -0.25) is 4.79 Å². The molecule has 6 nitrogen and oxygen atoms in total. The van der Waals surface area contributed by atoms with Crippen molar-refractivity contribution in [2.75, 3.05) is 5.32 Å². The maximum atomic E-state index is 13.4. The molecule has 5 aromatic rings. The Balaban J connectivity index is 1.58. The lowest BCUT2D eigenvalue weighted by Crippen LogP contribution is -2.18. The van der Waals surface area contributed by atoms with E-state index < -0.39 is 17.6 Å². The second-order valence-electron chi connectivity index (χ2n) is 8.00. The third kappa shape index (κ3) is 4.13. The number of anilines is 1. The third-order valence-corrected chi connectivity index (χ3v) is 5.69. The quantitative estimate of drug-likeness (QED) is 0.331. The molecule has 0 atom stereocenters. The van der Waals surface area contributed by atoms with Gasteiger partial charge in [0, 0.05) is 35.6 Å². The number of amides is 1. The van der Waals surface area contributed by atoms with Gasteiger partial charge < -0.3 is 20.6 Å². The van der Waals surface area contributed by atoms with E-state index in [-0.39, 0.29) is 12.2 Å². The molecule has 0 bridgehead atoms. The first-order valence-corrected chi connectivity index (χ1v) is 10.5. The van der Waals surface area contributed by atoms with E-state index in [1.807, 2.05) is 30.3 Å². The fraction of sp³-hybridized carbons (Fsp3) is 0.120. The van der Waals surface area contributed by atoms with Crippen LogP contribution in [-0.4, -0.2) is 20.4 Å². The summed E-state index contributed by atoms with van der Waals surface area (Å²) in [6, 6.07) is 16.1. The number of hydrogen-bond acceptors (Lipinski definition) is 3. The van der Waals surface area contributed by atoms with E-state index in [0.717, 1.165) is 28.6 Å². The van der Waals surface area contributed by atoms with Crippen molar-refractivity contribution in [2.45, 2.75) is 19.3 Å². The molecule has 0 aliphatic heterocycles. The number of pyridine rings is 1. The van der Waals surface area contributed by atoms with Crippen molar-refractivity contribution in [1.29, 1.82) is 0 Å². The van der Waals surface area contributed by atoms with Crippen LogP contribution in [0.3, 0.4) is 0 Å². The van der Waals surface area contributed by atoms with Crippen molar-refractivity contribution in [1.82, 2.24) is 14.5 Å². The van der Waals surface area contributed by atoms with Gasteiger partial charge in [-0.05, 0) is 41.5 Å². The number of aromatic amines is 1. The summed E-state index contributed by atoms with van der Waals surface area (Å²) >= 11 is 0. The number of aromatic nitrogens is 3. The molecule has 3 heterocycles. The average molecular weight is 463 g/mol. The zero-order valence-corrected chi connectivity index (χ0v) is 17.9.